The molecule has 154 valence electrons. The van der Waals surface area contributed by atoms with Gasteiger partial charge in [0.05, 0.1) is 0 Å². The molecule has 0 radical (unpaired) electrons. The van der Waals surface area contributed by atoms with Crippen LogP contribution in [0, 0.1) is 13.8 Å². The van der Waals surface area contributed by atoms with Crippen LogP contribution < -0.4 is 0 Å². The topological polar surface area (TPSA) is 20.3 Å². The van der Waals surface area contributed by atoms with E-state index in [9.17, 15) is 4.79 Å². The van der Waals surface area contributed by atoms with Crippen molar-refractivity contribution >= 4 is 12.0 Å². The first-order valence-electron chi connectivity index (χ1n) is 10.5. The molecule has 0 heterocycles. The molecule has 0 saturated heterocycles. The molecule has 30 heavy (non-hydrogen) atoms. The second-order valence-corrected chi connectivity index (χ2v) is 8.17. The van der Waals surface area contributed by atoms with Gasteiger partial charge in [0.15, 0.2) is 0 Å². The maximum Gasteiger partial charge on any atom is 0.253 e. The van der Waals surface area contributed by atoms with E-state index in [2.05, 4.69) is 61.5 Å². The molecule has 0 N–H and O–H groups in total. The third kappa shape index (κ3) is 5.70. The van der Waals surface area contributed by atoms with Crippen molar-refractivity contribution in [3.63, 3.8) is 0 Å². The predicted molar refractivity (Wildman–Crippen MR) is 127 cm³/mol. The lowest BCUT2D eigenvalue weighted by molar-refractivity contribution is 0.0827. The zero-order valence-corrected chi connectivity index (χ0v) is 18.5. The average Bonchev–Trinajstić information content (AvgIpc) is 3.17. The van der Waals surface area contributed by atoms with Crippen LogP contribution in [0.2, 0.25) is 0 Å². The minimum atomic E-state index is 0.0509. The summed E-state index contributed by atoms with van der Waals surface area (Å²) < 4.78 is 0. The van der Waals surface area contributed by atoms with Gasteiger partial charge >= 0.3 is 0 Å². The average molecular weight is 398 g/mol. The number of carbonyl (C=O) groups excluding carboxylic acids is 1. The molecule has 2 heteroatoms. The van der Waals surface area contributed by atoms with Gasteiger partial charge in [-0.3, -0.25) is 4.79 Å². The molecule has 3 aromatic rings. The van der Waals surface area contributed by atoms with Crippen molar-refractivity contribution in [3.8, 4) is 0 Å². The molecule has 1 aliphatic rings. The van der Waals surface area contributed by atoms with Crippen LogP contribution >= 0.6 is 0 Å². The standard InChI is InChI=1S/C18H18.C10H13NO/c1-14-6-2-3-7-16(14)11-10-15-12-17-8-4-5-9-18(17)13-15;1-8-4-6-9(7-5-8)10(12)11(2)3/h2-9,12H,10-11,13H2,1H3;4-7H,1-3H3. The first-order chi connectivity index (χ1) is 14.4. The molecule has 1 aliphatic carbocycles. The SMILES string of the molecule is Cc1ccc(C(=O)N(C)C)cc1.Cc1ccccc1CCC1=Cc2ccccc2C1. The summed E-state index contributed by atoms with van der Waals surface area (Å²) in [5, 5.41) is 0. The molecule has 3 aromatic carbocycles. The number of hydrogen-bond donors (Lipinski definition) is 0. The van der Waals surface area contributed by atoms with Crippen LogP contribution in [0.4, 0.5) is 0 Å². The molecular weight excluding hydrogens is 366 g/mol. The number of aryl methyl sites for hydroxylation is 3. The Hall–Kier alpha value is -3.13. The van der Waals surface area contributed by atoms with Crippen molar-refractivity contribution in [2.75, 3.05) is 14.1 Å². The second kappa shape index (κ2) is 10.1. The van der Waals surface area contributed by atoms with E-state index in [4.69, 9.17) is 0 Å². The van der Waals surface area contributed by atoms with E-state index < -0.39 is 0 Å². The lowest BCUT2D eigenvalue weighted by Gasteiger charge is -2.09. The van der Waals surface area contributed by atoms with E-state index in [1.165, 1.54) is 34.2 Å². The van der Waals surface area contributed by atoms with Crippen molar-refractivity contribution in [2.24, 2.45) is 0 Å². The van der Waals surface area contributed by atoms with E-state index in [1.807, 2.05) is 31.2 Å². The Balaban J connectivity index is 0.000000187. The number of allylic oxidation sites excluding steroid dienone is 1. The van der Waals surface area contributed by atoms with Crippen LogP contribution in [0.3, 0.4) is 0 Å². The normalized spacial score (nSPS) is 11.8. The Labute approximate surface area is 180 Å². The van der Waals surface area contributed by atoms with Gasteiger partial charge in [-0.25, -0.2) is 0 Å². The van der Waals surface area contributed by atoms with E-state index in [1.54, 1.807) is 24.6 Å². The van der Waals surface area contributed by atoms with Gasteiger partial charge in [-0.2, -0.15) is 0 Å². The van der Waals surface area contributed by atoms with E-state index >= 15 is 0 Å². The summed E-state index contributed by atoms with van der Waals surface area (Å²) in [7, 11) is 3.50. The number of rotatable bonds is 4. The van der Waals surface area contributed by atoms with Crippen molar-refractivity contribution < 1.29 is 4.79 Å². The second-order valence-electron chi connectivity index (χ2n) is 8.17. The number of hydrogen-bond acceptors (Lipinski definition) is 1. The highest BCUT2D eigenvalue weighted by Crippen LogP contribution is 2.27. The van der Waals surface area contributed by atoms with Crippen LogP contribution in [0.25, 0.3) is 6.08 Å². The van der Waals surface area contributed by atoms with Crippen LogP contribution in [-0.4, -0.2) is 24.9 Å². The molecule has 1 amide bonds. The third-order valence-corrected chi connectivity index (χ3v) is 5.51. The molecule has 0 aromatic heterocycles. The van der Waals surface area contributed by atoms with Crippen molar-refractivity contribution in [1.29, 1.82) is 0 Å². The monoisotopic (exact) mass is 397 g/mol. The number of amides is 1. The summed E-state index contributed by atoms with van der Waals surface area (Å²) in [6.45, 7) is 4.21. The largest absolute Gasteiger partial charge is 0.345 e. The fourth-order valence-electron chi connectivity index (χ4n) is 3.65. The molecule has 0 fully saturated rings. The van der Waals surface area contributed by atoms with Gasteiger partial charge in [0.25, 0.3) is 5.91 Å². The molecule has 4 rings (SSSR count). The van der Waals surface area contributed by atoms with E-state index in [0.717, 1.165) is 18.4 Å². The van der Waals surface area contributed by atoms with Gasteiger partial charge in [-0.05, 0) is 67.5 Å². The molecular formula is C28H31NO. The van der Waals surface area contributed by atoms with E-state index in [0.29, 0.717) is 0 Å². The number of carbonyl (C=O) groups is 1. The first kappa shape index (κ1) is 21.6. The first-order valence-corrected chi connectivity index (χ1v) is 10.5. The quantitative estimate of drug-likeness (QED) is 0.508. The molecule has 0 bridgehead atoms. The van der Waals surface area contributed by atoms with Gasteiger partial charge in [-0.15, -0.1) is 0 Å². The van der Waals surface area contributed by atoms with Crippen molar-refractivity contribution in [1.82, 2.24) is 4.90 Å². The zero-order valence-electron chi connectivity index (χ0n) is 18.5. The summed E-state index contributed by atoms with van der Waals surface area (Å²) in [6, 6.07) is 25.0. The smallest absolute Gasteiger partial charge is 0.253 e. The van der Waals surface area contributed by atoms with Gasteiger partial charge in [0, 0.05) is 19.7 Å². The minimum Gasteiger partial charge on any atom is -0.345 e. The van der Waals surface area contributed by atoms with Gasteiger partial charge in [0.2, 0.25) is 0 Å². The Morgan fingerprint density at radius 2 is 1.50 bits per heavy atom. The van der Waals surface area contributed by atoms with Crippen LogP contribution in [0.15, 0.2) is 78.4 Å². The van der Waals surface area contributed by atoms with Crippen LogP contribution in [0.1, 0.15) is 44.6 Å². The molecule has 0 saturated carbocycles. The highest BCUT2D eigenvalue weighted by Gasteiger charge is 2.11. The summed E-state index contributed by atoms with van der Waals surface area (Å²) >= 11 is 0. The highest BCUT2D eigenvalue weighted by atomic mass is 16.2. The molecule has 0 spiro atoms. The maximum absolute atomic E-state index is 11.4. The number of fused-ring (bicyclic) bond motifs is 1. The minimum absolute atomic E-state index is 0.0509. The Morgan fingerprint density at radius 1 is 0.833 bits per heavy atom. The zero-order chi connectivity index (χ0) is 21.5. The van der Waals surface area contributed by atoms with Gasteiger partial charge in [-0.1, -0.05) is 77.9 Å². The fraction of sp³-hybridized carbons (Fsp3) is 0.250. The Bertz CT molecular complexity index is 1030. The van der Waals surface area contributed by atoms with Crippen LogP contribution in [-0.2, 0) is 12.8 Å². The third-order valence-electron chi connectivity index (χ3n) is 5.51. The predicted octanol–water partition coefficient (Wildman–Crippen LogP) is 6.26. The van der Waals surface area contributed by atoms with Gasteiger partial charge < -0.3 is 4.90 Å². The summed E-state index contributed by atoms with van der Waals surface area (Å²) in [4.78, 5) is 13.0. The number of nitrogens with zero attached hydrogens (tertiary/aromatic N) is 1. The Morgan fingerprint density at radius 3 is 2.17 bits per heavy atom. The highest BCUT2D eigenvalue weighted by molar-refractivity contribution is 5.93. The van der Waals surface area contributed by atoms with E-state index in [-0.39, 0.29) is 5.91 Å². The number of benzene rings is 3. The fourth-order valence-corrected chi connectivity index (χ4v) is 3.65. The molecule has 2 nitrogen and oxygen atoms in total. The molecule has 0 atom stereocenters. The van der Waals surface area contributed by atoms with Crippen LogP contribution in [0.5, 0.6) is 0 Å². The van der Waals surface area contributed by atoms with Gasteiger partial charge in [0.1, 0.15) is 0 Å². The maximum atomic E-state index is 11.4. The van der Waals surface area contributed by atoms with Crippen molar-refractivity contribution in [3.05, 3.63) is 112 Å². The Kier molecular flexibility index (Phi) is 7.24. The summed E-state index contributed by atoms with van der Waals surface area (Å²) in [5.74, 6) is 0.0509. The summed E-state index contributed by atoms with van der Waals surface area (Å²) in [5.41, 5.74) is 9.27. The van der Waals surface area contributed by atoms with Crippen molar-refractivity contribution in [2.45, 2.75) is 33.1 Å². The summed E-state index contributed by atoms with van der Waals surface area (Å²) in [6.07, 6.45) is 5.85. The lowest BCUT2D eigenvalue weighted by atomic mass is 10.00. The molecule has 0 unspecified atom stereocenters. The molecule has 0 aliphatic heterocycles. The lowest BCUT2D eigenvalue weighted by Crippen LogP contribution is -2.21.